The molecule has 2 aliphatic carbocycles. The number of piperazine rings is 1. The van der Waals surface area contributed by atoms with Gasteiger partial charge in [0.2, 0.25) is 0 Å². The van der Waals surface area contributed by atoms with Gasteiger partial charge in [-0.25, -0.2) is 9.50 Å². The van der Waals surface area contributed by atoms with Gasteiger partial charge in [0.25, 0.3) is 0 Å². The molecule has 40 heavy (non-hydrogen) atoms. The first kappa shape index (κ1) is 26.4. The van der Waals surface area contributed by atoms with Gasteiger partial charge in [-0.15, -0.1) is 0 Å². The molecule has 1 saturated carbocycles. The van der Waals surface area contributed by atoms with Gasteiger partial charge in [0.05, 0.1) is 23.0 Å². The third-order valence-electron chi connectivity index (χ3n) is 8.38. The van der Waals surface area contributed by atoms with Gasteiger partial charge < -0.3 is 9.80 Å². The Kier molecular flexibility index (Phi) is 7.73. The maximum absolute atomic E-state index is 12.0. The molecule has 5 heterocycles. The zero-order valence-electron chi connectivity index (χ0n) is 23.6. The number of carbonyl (C=O) groups is 1. The average Bonchev–Trinajstić information content (AvgIpc) is 3.63. The van der Waals surface area contributed by atoms with E-state index in [1.165, 1.54) is 38.5 Å². The second-order valence-corrected chi connectivity index (χ2v) is 11.2. The Balaban J connectivity index is 0.000000429. The minimum Gasteiger partial charge on any atom is -0.354 e. The fraction of sp³-hybridized carbons (Fsp3) is 0.394. The summed E-state index contributed by atoms with van der Waals surface area (Å²) in [7, 11) is 2.16. The molecule has 0 N–H and O–H groups in total. The van der Waals surface area contributed by atoms with Crippen molar-refractivity contribution in [1.29, 1.82) is 0 Å². The SMILES string of the molecule is C1CCCCC1.CC(=O)c1cnn2ccc(C3=CCc4ncc(-c5ccnc(N6CCN(C)CC6)c5)cc43)cc12. The van der Waals surface area contributed by atoms with E-state index >= 15 is 0 Å². The lowest BCUT2D eigenvalue weighted by Crippen LogP contribution is -2.44. The van der Waals surface area contributed by atoms with Crippen LogP contribution >= 0.6 is 0 Å². The quantitative estimate of drug-likeness (QED) is 0.296. The van der Waals surface area contributed by atoms with Crippen LogP contribution in [0, 0.1) is 0 Å². The molecule has 0 radical (unpaired) electrons. The molecule has 0 atom stereocenters. The normalized spacial score (nSPS) is 17.2. The minimum absolute atomic E-state index is 0.0192. The highest BCUT2D eigenvalue weighted by Crippen LogP contribution is 2.35. The van der Waals surface area contributed by atoms with Crippen molar-refractivity contribution < 1.29 is 4.79 Å². The van der Waals surface area contributed by atoms with Crippen LogP contribution < -0.4 is 4.90 Å². The molecular formula is C33H38N6O. The molecular weight excluding hydrogens is 496 g/mol. The van der Waals surface area contributed by atoms with E-state index in [-0.39, 0.29) is 5.78 Å². The van der Waals surface area contributed by atoms with Crippen molar-refractivity contribution in [1.82, 2.24) is 24.5 Å². The minimum atomic E-state index is 0.0192. The zero-order chi connectivity index (χ0) is 27.5. The molecule has 7 heteroatoms. The second kappa shape index (κ2) is 11.7. The number of anilines is 1. The molecule has 0 amide bonds. The van der Waals surface area contributed by atoms with Crippen molar-refractivity contribution in [2.24, 2.45) is 0 Å². The summed E-state index contributed by atoms with van der Waals surface area (Å²) in [5, 5.41) is 4.31. The Bertz CT molecular complexity index is 1530. The van der Waals surface area contributed by atoms with E-state index in [1.54, 1.807) is 17.6 Å². The fourth-order valence-electron chi connectivity index (χ4n) is 5.92. The molecule has 3 aliphatic rings. The van der Waals surface area contributed by atoms with Gasteiger partial charge in [-0.2, -0.15) is 5.10 Å². The van der Waals surface area contributed by atoms with Gasteiger partial charge >= 0.3 is 0 Å². The van der Waals surface area contributed by atoms with E-state index in [0.29, 0.717) is 5.56 Å². The van der Waals surface area contributed by atoms with Crippen LogP contribution in [-0.4, -0.2) is 63.5 Å². The van der Waals surface area contributed by atoms with E-state index in [4.69, 9.17) is 4.98 Å². The lowest BCUT2D eigenvalue weighted by Gasteiger charge is -2.33. The number of rotatable bonds is 4. The topological polar surface area (TPSA) is 66.6 Å². The molecule has 1 saturated heterocycles. The summed E-state index contributed by atoms with van der Waals surface area (Å²) in [5.41, 5.74) is 8.11. The monoisotopic (exact) mass is 534 g/mol. The molecule has 7 nitrogen and oxygen atoms in total. The van der Waals surface area contributed by atoms with Gasteiger partial charge in [-0.3, -0.25) is 9.78 Å². The van der Waals surface area contributed by atoms with Gasteiger partial charge in [0.15, 0.2) is 5.78 Å². The van der Waals surface area contributed by atoms with E-state index in [9.17, 15) is 4.79 Å². The molecule has 0 spiro atoms. The highest BCUT2D eigenvalue weighted by molar-refractivity contribution is 6.01. The third kappa shape index (κ3) is 5.56. The van der Waals surface area contributed by atoms with E-state index in [2.05, 4.69) is 63.3 Å². The number of carbonyl (C=O) groups excluding carboxylic acids is 1. The number of ketones is 1. The van der Waals surface area contributed by atoms with Crippen molar-refractivity contribution in [2.45, 2.75) is 51.9 Å². The van der Waals surface area contributed by atoms with Crippen molar-refractivity contribution >= 4 is 22.7 Å². The van der Waals surface area contributed by atoms with Crippen LogP contribution in [0.2, 0.25) is 0 Å². The molecule has 0 unspecified atom stereocenters. The maximum atomic E-state index is 12.0. The smallest absolute Gasteiger partial charge is 0.163 e. The van der Waals surface area contributed by atoms with Crippen LogP contribution in [0.5, 0.6) is 0 Å². The van der Waals surface area contributed by atoms with Crippen LogP contribution in [0.4, 0.5) is 5.82 Å². The Labute approximate surface area is 236 Å². The molecule has 1 aliphatic heterocycles. The lowest BCUT2D eigenvalue weighted by molar-refractivity contribution is 0.101. The highest BCUT2D eigenvalue weighted by atomic mass is 16.1. The molecule has 4 aromatic heterocycles. The van der Waals surface area contributed by atoms with Gasteiger partial charge in [-0.1, -0.05) is 44.6 Å². The number of pyridine rings is 3. The summed E-state index contributed by atoms with van der Waals surface area (Å²) in [6.07, 6.45) is 19.4. The molecule has 2 fully saturated rings. The summed E-state index contributed by atoms with van der Waals surface area (Å²) in [6.45, 7) is 5.65. The number of fused-ring (bicyclic) bond motifs is 2. The van der Waals surface area contributed by atoms with Crippen LogP contribution in [0.15, 0.2) is 61.2 Å². The number of nitrogens with zero attached hydrogens (tertiary/aromatic N) is 6. The van der Waals surface area contributed by atoms with E-state index in [0.717, 1.165) is 77.5 Å². The van der Waals surface area contributed by atoms with Gasteiger partial charge in [0.1, 0.15) is 5.82 Å². The standard InChI is InChI=1S/C27H26N6O.C6H12/c1-18(34)24-17-30-33-8-6-20(14-26(24)33)22-3-4-25-23(22)13-21(16-29-25)19-5-7-28-27(15-19)32-11-9-31(2)10-12-32;1-2-4-6-5-3-1/h3,5-8,13-17H,4,9-12H2,1-2H3;1-6H2. The number of hydrogen-bond acceptors (Lipinski definition) is 6. The van der Waals surface area contributed by atoms with Gasteiger partial charge in [-0.05, 0) is 61.0 Å². The van der Waals surface area contributed by atoms with Crippen LogP contribution in [0.3, 0.4) is 0 Å². The summed E-state index contributed by atoms with van der Waals surface area (Å²) in [6, 6.07) is 10.6. The first-order valence-corrected chi connectivity index (χ1v) is 14.6. The number of Topliss-reactive ketones (excluding diaryl/α,β-unsaturated/α-hetero) is 1. The Morgan fingerprint density at radius 3 is 2.30 bits per heavy atom. The van der Waals surface area contributed by atoms with Crippen molar-refractivity contribution in [3.63, 3.8) is 0 Å². The number of allylic oxidation sites excluding steroid dienone is 1. The summed E-state index contributed by atoms with van der Waals surface area (Å²) >= 11 is 0. The van der Waals surface area contributed by atoms with Crippen molar-refractivity contribution in [3.8, 4) is 11.1 Å². The molecule has 0 aromatic carbocycles. The largest absolute Gasteiger partial charge is 0.354 e. The summed E-state index contributed by atoms with van der Waals surface area (Å²) in [4.78, 5) is 26.2. The van der Waals surface area contributed by atoms with Crippen LogP contribution in [-0.2, 0) is 6.42 Å². The van der Waals surface area contributed by atoms with E-state index in [1.807, 2.05) is 18.6 Å². The average molecular weight is 535 g/mol. The number of hydrogen-bond donors (Lipinski definition) is 0. The highest BCUT2D eigenvalue weighted by Gasteiger charge is 2.20. The maximum Gasteiger partial charge on any atom is 0.163 e. The van der Waals surface area contributed by atoms with Gasteiger partial charge in [0, 0.05) is 62.3 Å². The molecule has 7 rings (SSSR count). The molecule has 4 aromatic rings. The fourth-order valence-corrected chi connectivity index (χ4v) is 5.92. The summed E-state index contributed by atoms with van der Waals surface area (Å²) < 4.78 is 1.75. The molecule has 206 valence electrons. The predicted octanol–water partition coefficient (Wildman–Crippen LogP) is 6.07. The number of aromatic nitrogens is 4. The Hall–Kier alpha value is -3.84. The Morgan fingerprint density at radius 1 is 0.825 bits per heavy atom. The zero-order valence-corrected chi connectivity index (χ0v) is 23.6. The van der Waals surface area contributed by atoms with E-state index < -0.39 is 0 Å². The van der Waals surface area contributed by atoms with Crippen LogP contribution in [0.25, 0.3) is 22.2 Å². The predicted molar refractivity (Wildman–Crippen MR) is 161 cm³/mol. The summed E-state index contributed by atoms with van der Waals surface area (Å²) in [5.74, 6) is 1.04. The van der Waals surface area contributed by atoms with Crippen molar-refractivity contribution in [3.05, 3.63) is 83.6 Å². The first-order chi connectivity index (χ1) is 19.6. The van der Waals surface area contributed by atoms with Crippen molar-refractivity contribution in [2.75, 3.05) is 38.1 Å². The second-order valence-electron chi connectivity index (χ2n) is 11.2. The number of likely N-dealkylation sites (N-methyl/N-ethyl adjacent to an activating group) is 1. The Morgan fingerprint density at radius 2 is 1.57 bits per heavy atom. The first-order valence-electron chi connectivity index (χ1n) is 14.6. The van der Waals surface area contributed by atoms with Crippen LogP contribution in [0.1, 0.15) is 72.6 Å². The third-order valence-corrected chi connectivity index (χ3v) is 8.38. The lowest BCUT2D eigenvalue weighted by atomic mass is 9.98. The molecule has 0 bridgehead atoms.